The largest absolute Gasteiger partial charge is 0.348 e. The van der Waals surface area contributed by atoms with Crippen LogP contribution in [0.3, 0.4) is 0 Å². The molecule has 2 aliphatic rings. The number of likely N-dealkylation sites (tertiary alicyclic amines) is 1. The molecule has 2 amide bonds. The van der Waals surface area contributed by atoms with Gasteiger partial charge in [0.25, 0.3) is 15.9 Å². The number of carbonyl (C=O) groups excluding carboxylic acids is 2. The summed E-state index contributed by atoms with van der Waals surface area (Å²) in [7, 11) is -3.97. The third-order valence-corrected chi connectivity index (χ3v) is 10.4. The Morgan fingerprint density at radius 3 is 2.35 bits per heavy atom. The van der Waals surface area contributed by atoms with Gasteiger partial charge in [-0.3, -0.25) is 13.9 Å². The molecule has 1 fully saturated rings. The third-order valence-electron chi connectivity index (χ3n) is 8.53. The Balaban J connectivity index is 1.53. The molecule has 3 aromatic rings. The van der Waals surface area contributed by atoms with Crippen LogP contribution in [0.5, 0.6) is 0 Å². The summed E-state index contributed by atoms with van der Waals surface area (Å²) >= 11 is 0. The fraction of sp³-hybridized carbons (Fsp3) is 0.323. The van der Waals surface area contributed by atoms with Crippen LogP contribution in [0.1, 0.15) is 59.3 Å². The Morgan fingerprint density at radius 2 is 1.73 bits per heavy atom. The van der Waals surface area contributed by atoms with Crippen LogP contribution >= 0.6 is 0 Å². The topological polar surface area (TPSA) is 111 Å². The average molecular weight is 557 g/mol. The molecule has 206 valence electrons. The highest BCUT2D eigenvalue weighted by Gasteiger charge is 2.54. The van der Waals surface area contributed by atoms with Crippen molar-refractivity contribution in [3.05, 3.63) is 94.5 Å². The van der Waals surface area contributed by atoms with Gasteiger partial charge < -0.3 is 10.2 Å². The second-order valence-electron chi connectivity index (χ2n) is 10.6. The summed E-state index contributed by atoms with van der Waals surface area (Å²) in [6, 6.07) is 20.6. The van der Waals surface area contributed by atoms with E-state index < -0.39 is 21.5 Å². The Morgan fingerprint density at radius 1 is 1.05 bits per heavy atom. The molecule has 5 rings (SSSR count). The van der Waals surface area contributed by atoms with E-state index in [9.17, 15) is 18.0 Å². The fourth-order valence-corrected chi connectivity index (χ4v) is 7.82. The second-order valence-corrected chi connectivity index (χ2v) is 12.4. The lowest BCUT2D eigenvalue weighted by molar-refractivity contribution is -0.130. The van der Waals surface area contributed by atoms with Gasteiger partial charge in [0.2, 0.25) is 5.91 Å². The van der Waals surface area contributed by atoms with Crippen LogP contribution in [0.25, 0.3) is 0 Å². The molecule has 2 heterocycles. The average Bonchev–Trinajstić information content (AvgIpc) is 3.19. The molecule has 1 unspecified atom stereocenters. The van der Waals surface area contributed by atoms with Crippen molar-refractivity contribution in [1.82, 2.24) is 10.2 Å². The van der Waals surface area contributed by atoms with Gasteiger partial charge in [-0.05, 0) is 85.8 Å². The Labute approximate surface area is 235 Å². The normalized spacial score (nSPS) is 17.8. The number of hydrogen-bond acceptors (Lipinski definition) is 5. The number of rotatable bonds is 5. The lowest BCUT2D eigenvalue weighted by atomic mass is 9.70. The van der Waals surface area contributed by atoms with Crippen molar-refractivity contribution < 1.29 is 18.0 Å². The predicted molar refractivity (Wildman–Crippen MR) is 152 cm³/mol. The molecule has 0 saturated carbocycles. The van der Waals surface area contributed by atoms with Crippen molar-refractivity contribution in [2.24, 2.45) is 0 Å². The number of aryl methyl sites for hydroxylation is 1. The number of benzene rings is 3. The zero-order valence-electron chi connectivity index (χ0n) is 22.8. The first-order valence-electron chi connectivity index (χ1n) is 13.4. The first kappa shape index (κ1) is 27.4. The predicted octanol–water partition coefficient (Wildman–Crippen LogP) is 4.27. The number of anilines is 1. The molecule has 9 heteroatoms. The van der Waals surface area contributed by atoms with Crippen molar-refractivity contribution in [2.75, 3.05) is 17.4 Å². The van der Waals surface area contributed by atoms with Crippen LogP contribution in [-0.4, -0.2) is 44.3 Å². The SMILES string of the molecule is CC(=O)N1CCC2(CC1)c1cc(C(=O)NCc3ccccc3C)ccc1N(S(=O)(=O)c1ccc(C#N)cc1)C2C. The molecule has 0 aliphatic carbocycles. The molecule has 2 aliphatic heterocycles. The standard InChI is InChI=1S/C31H32N4O4S/c1-21-6-4-5-7-26(21)20-33-30(37)25-10-13-29-28(18-25)31(14-16-34(17-15-31)23(3)36)22(2)35(29)40(38,39)27-11-8-24(19-32)9-12-27/h4-13,18,22H,14-17,20H2,1-3H3,(H,33,37). The highest BCUT2D eigenvalue weighted by molar-refractivity contribution is 7.92. The number of hydrogen-bond donors (Lipinski definition) is 1. The lowest BCUT2D eigenvalue weighted by Crippen LogP contribution is -2.52. The van der Waals surface area contributed by atoms with Crippen molar-refractivity contribution in [1.29, 1.82) is 5.26 Å². The third kappa shape index (κ3) is 4.62. The van der Waals surface area contributed by atoms with Crippen molar-refractivity contribution in [3.8, 4) is 6.07 Å². The molecule has 0 aromatic heterocycles. The molecule has 1 atom stereocenters. The van der Waals surface area contributed by atoms with Gasteiger partial charge in [0.05, 0.1) is 28.3 Å². The van der Waals surface area contributed by atoms with Gasteiger partial charge in [-0.25, -0.2) is 8.42 Å². The summed E-state index contributed by atoms with van der Waals surface area (Å²) < 4.78 is 29.5. The highest BCUT2D eigenvalue weighted by Crippen LogP contribution is 2.53. The number of nitriles is 1. The van der Waals surface area contributed by atoms with Crippen LogP contribution in [0, 0.1) is 18.3 Å². The molecule has 1 saturated heterocycles. The maximum atomic E-state index is 14.0. The molecule has 3 aromatic carbocycles. The zero-order chi connectivity index (χ0) is 28.7. The number of fused-ring (bicyclic) bond motifs is 2. The molecule has 40 heavy (non-hydrogen) atoms. The van der Waals surface area contributed by atoms with Crippen LogP contribution in [-0.2, 0) is 26.8 Å². The van der Waals surface area contributed by atoms with Gasteiger partial charge >= 0.3 is 0 Å². The summed E-state index contributed by atoms with van der Waals surface area (Å²) in [5.41, 5.74) is 3.75. The first-order chi connectivity index (χ1) is 19.1. The van der Waals surface area contributed by atoms with Gasteiger partial charge in [-0.1, -0.05) is 24.3 Å². The molecular weight excluding hydrogens is 524 g/mol. The van der Waals surface area contributed by atoms with Crippen molar-refractivity contribution in [2.45, 2.75) is 56.5 Å². The smallest absolute Gasteiger partial charge is 0.264 e. The highest BCUT2D eigenvalue weighted by atomic mass is 32.2. The maximum Gasteiger partial charge on any atom is 0.264 e. The second kappa shape index (κ2) is 10.4. The molecule has 0 radical (unpaired) electrons. The molecule has 1 N–H and O–H groups in total. The Hall–Kier alpha value is -4.16. The number of piperidine rings is 1. The maximum absolute atomic E-state index is 14.0. The summed E-state index contributed by atoms with van der Waals surface area (Å²) in [5.74, 6) is -0.240. The van der Waals surface area contributed by atoms with Gasteiger partial charge in [-0.15, -0.1) is 0 Å². The number of sulfonamides is 1. The molecular formula is C31H32N4O4S. The van der Waals surface area contributed by atoms with E-state index in [0.717, 1.165) is 16.7 Å². The quantitative estimate of drug-likeness (QED) is 0.505. The van der Waals surface area contributed by atoms with Gasteiger partial charge in [0.1, 0.15) is 0 Å². The van der Waals surface area contributed by atoms with Crippen LogP contribution in [0.2, 0.25) is 0 Å². The fourth-order valence-electron chi connectivity index (χ4n) is 6.07. The van der Waals surface area contributed by atoms with Crippen molar-refractivity contribution >= 4 is 27.5 Å². The monoisotopic (exact) mass is 556 g/mol. The van der Waals surface area contributed by atoms with E-state index in [1.165, 1.54) is 28.6 Å². The Kier molecular flexibility index (Phi) is 7.15. The van der Waals surface area contributed by atoms with E-state index in [4.69, 9.17) is 5.26 Å². The summed E-state index contributed by atoms with van der Waals surface area (Å²) in [4.78, 5) is 27.2. The van der Waals surface area contributed by atoms with E-state index in [0.29, 0.717) is 49.3 Å². The number of carbonyl (C=O) groups is 2. The van der Waals surface area contributed by atoms with E-state index in [1.54, 1.807) is 24.0 Å². The molecule has 1 spiro atoms. The first-order valence-corrected chi connectivity index (χ1v) is 14.8. The van der Waals surface area contributed by atoms with E-state index >= 15 is 0 Å². The van der Waals surface area contributed by atoms with Crippen LogP contribution in [0.15, 0.2) is 71.6 Å². The minimum atomic E-state index is -3.97. The van der Waals surface area contributed by atoms with E-state index in [-0.39, 0.29) is 16.7 Å². The van der Waals surface area contributed by atoms with Gasteiger partial charge in [-0.2, -0.15) is 5.26 Å². The van der Waals surface area contributed by atoms with E-state index in [1.807, 2.05) is 50.2 Å². The van der Waals surface area contributed by atoms with Crippen LogP contribution < -0.4 is 9.62 Å². The van der Waals surface area contributed by atoms with Crippen molar-refractivity contribution in [3.63, 3.8) is 0 Å². The Bertz CT molecular complexity index is 1620. The van der Waals surface area contributed by atoms with Gasteiger partial charge in [0.15, 0.2) is 0 Å². The molecule has 0 bridgehead atoms. The summed E-state index contributed by atoms with van der Waals surface area (Å²) in [5, 5.41) is 12.2. The minimum absolute atomic E-state index is 0.00730. The van der Waals surface area contributed by atoms with Crippen LogP contribution in [0.4, 0.5) is 5.69 Å². The van der Waals surface area contributed by atoms with E-state index in [2.05, 4.69) is 5.32 Å². The number of amides is 2. The van der Waals surface area contributed by atoms with Gasteiger partial charge in [0, 0.05) is 37.5 Å². The lowest BCUT2D eigenvalue weighted by Gasteiger charge is -2.43. The zero-order valence-corrected chi connectivity index (χ0v) is 23.7. The molecule has 8 nitrogen and oxygen atoms in total. The number of nitrogens with zero attached hydrogens (tertiary/aromatic N) is 3. The number of nitrogens with one attached hydrogen (secondary N) is 1. The summed E-state index contributed by atoms with van der Waals surface area (Å²) in [6.07, 6.45) is 1.16. The minimum Gasteiger partial charge on any atom is -0.348 e. The summed E-state index contributed by atoms with van der Waals surface area (Å²) in [6.45, 7) is 6.85.